The van der Waals surface area contributed by atoms with E-state index in [1.807, 2.05) is 44.2 Å². The summed E-state index contributed by atoms with van der Waals surface area (Å²) in [5.41, 5.74) is 1.54. The summed E-state index contributed by atoms with van der Waals surface area (Å²) in [5.74, 6) is -0.327. The number of rotatable bonds is 14. The van der Waals surface area contributed by atoms with E-state index in [1.165, 1.54) is 4.31 Å². The molecule has 0 saturated carbocycles. The summed E-state index contributed by atoms with van der Waals surface area (Å²) in [5, 5.41) is 3.34. The first kappa shape index (κ1) is 28.7. The number of nitrogens with zero attached hydrogens (tertiary/aromatic N) is 2. The van der Waals surface area contributed by atoms with E-state index in [1.54, 1.807) is 29.2 Å². The van der Waals surface area contributed by atoms with Crippen molar-refractivity contribution in [3.05, 3.63) is 65.2 Å². The Balaban J connectivity index is 2.14. The SMILES string of the molecule is CCCNC(=O)[C@H](CC)N(CCc1ccccc1)C(=O)CCCN(c1cccc(Cl)c1)S(C)(=O)=O. The Hall–Kier alpha value is -2.58. The standard InChI is InChI=1S/C26H36ClN3O4S/c1-4-17-28-26(32)24(5-2)29(19-16-21-11-7-6-8-12-21)25(31)15-10-18-30(35(3,33)34)23-14-9-13-22(27)20-23/h6-9,11-14,20,24H,4-5,10,15-19H2,1-3H3,(H,28,32)/t24-/m0/s1. The van der Waals surface area contributed by atoms with Crippen LogP contribution < -0.4 is 9.62 Å². The second-order valence-electron chi connectivity index (χ2n) is 8.46. The number of carbonyl (C=O) groups excluding carboxylic acids is 2. The van der Waals surface area contributed by atoms with Gasteiger partial charge in [0.1, 0.15) is 6.04 Å². The summed E-state index contributed by atoms with van der Waals surface area (Å²) >= 11 is 6.05. The van der Waals surface area contributed by atoms with Gasteiger partial charge in [0.2, 0.25) is 21.8 Å². The van der Waals surface area contributed by atoms with Crippen molar-refractivity contribution in [2.75, 3.05) is 30.2 Å². The van der Waals surface area contributed by atoms with Gasteiger partial charge in [-0.1, -0.05) is 61.8 Å². The van der Waals surface area contributed by atoms with Crippen molar-refractivity contribution >= 4 is 39.1 Å². The molecule has 35 heavy (non-hydrogen) atoms. The largest absolute Gasteiger partial charge is 0.354 e. The third-order valence-corrected chi connectivity index (χ3v) is 7.10. The fraction of sp³-hybridized carbons (Fsp3) is 0.462. The minimum absolute atomic E-state index is 0.124. The van der Waals surface area contributed by atoms with Gasteiger partial charge in [0.15, 0.2) is 0 Å². The van der Waals surface area contributed by atoms with Gasteiger partial charge in [0.25, 0.3) is 0 Å². The van der Waals surface area contributed by atoms with Gasteiger partial charge in [0.05, 0.1) is 11.9 Å². The normalized spacial score (nSPS) is 12.1. The van der Waals surface area contributed by atoms with E-state index in [2.05, 4.69) is 5.32 Å². The highest BCUT2D eigenvalue weighted by molar-refractivity contribution is 7.92. The van der Waals surface area contributed by atoms with Crippen molar-refractivity contribution < 1.29 is 18.0 Å². The summed E-state index contributed by atoms with van der Waals surface area (Å²) in [6.07, 6.45) is 3.50. The van der Waals surface area contributed by atoms with Gasteiger partial charge in [-0.05, 0) is 49.4 Å². The topological polar surface area (TPSA) is 86.8 Å². The summed E-state index contributed by atoms with van der Waals surface area (Å²) in [6, 6.07) is 15.9. The Morgan fingerprint density at radius 1 is 1.03 bits per heavy atom. The predicted molar refractivity (Wildman–Crippen MR) is 142 cm³/mol. The predicted octanol–water partition coefficient (Wildman–Crippen LogP) is 4.26. The van der Waals surface area contributed by atoms with Crippen molar-refractivity contribution in [2.45, 2.75) is 52.0 Å². The molecule has 0 aliphatic carbocycles. The Morgan fingerprint density at radius 3 is 2.34 bits per heavy atom. The zero-order valence-corrected chi connectivity index (χ0v) is 22.3. The summed E-state index contributed by atoms with van der Waals surface area (Å²) in [4.78, 5) is 27.8. The van der Waals surface area contributed by atoms with Gasteiger partial charge >= 0.3 is 0 Å². The molecular weight excluding hydrogens is 486 g/mol. The van der Waals surface area contributed by atoms with Gasteiger partial charge < -0.3 is 10.2 Å². The van der Waals surface area contributed by atoms with E-state index in [0.29, 0.717) is 43.1 Å². The average molecular weight is 522 g/mol. The van der Waals surface area contributed by atoms with E-state index < -0.39 is 16.1 Å². The molecule has 192 valence electrons. The number of halogens is 1. The van der Waals surface area contributed by atoms with Crippen LogP contribution in [0, 0.1) is 0 Å². The zero-order valence-electron chi connectivity index (χ0n) is 20.7. The lowest BCUT2D eigenvalue weighted by Gasteiger charge is -2.31. The van der Waals surface area contributed by atoms with Crippen LogP contribution in [0.1, 0.15) is 45.1 Å². The smallest absolute Gasteiger partial charge is 0.242 e. The molecule has 0 radical (unpaired) electrons. The number of sulfonamides is 1. The van der Waals surface area contributed by atoms with Crippen molar-refractivity contribution in [3.8, 4) is 0 Å². The van der Waals surface area contributed by atoms with Crippen molar-refractivity contribution in [3.63, 3.8) is 0 Å². The number of amides is 2. The second-order valence-corrected chi connectivity index (χ2v) is 10.8. The van der Waals surface area contributed by atoms with Crippen molar-refractivity contribution in [1.82, 2.24) is 10.2 Å². The molecule has 2 rings (SSSR count). The molecule has 0 heterocycles. The van der Waals surface area contributed by atoms with Crippen molar-refractivity contribution in [2.24, 2.45) is 0 Å². The van der Waals surface area contributed by atoms with Crippen LogP contribution in [0.4, 0.5) is 5.69 Å². The number of hydrogen-bond acceptors (Lipinski definition) is 4. The molecule has 0 saturated heterocycles. The Labute approximate surface area is 214 Å². The molecule has 2 amide bonds. The lowest BCUT2D eigenvalue weighted by molar-refractivity contribution is -0.140. The maximum absolute atomic E-state index is 13.3. The van der Waals surface area contributed by atoms with Gasteiger partial charge in [-0.25, -0.2) is 8.42 Å². The lowest BCUT2D eigenvalue weighted by atomic mass is 10.1. The minimum atomic E-state index is -3.56. The summed E-state index contributed by atoms with van der Waals surface area (Å²) in [7, 11) is -3.56. The maximum atomic E-state index is 13.3. The molecule has 1 N–H and O–H groups in total. The molecule has 0 fully saturated rings. The molecule has 0 unspecified atom stereocenters. The number of hydrogen-bond donors (Lipinski definition) is 1. The third kappa shape index (κ3) is 9.18. The van der Waals surface area contributed by atoms with E-state index in [-0.39, 0.29) is 24.8 Å². The van der Waals surface area contributed by atoms with E-state index in [0.717, 1.165) is 18.2 Å². The first-order valence-electron chi connectivity index (χ1n) is 12.0. The van der Waals surface area contributed by atoms with Gasteiger partial charge in [-0.2, -0.15) is 0 Å². The highest BCUT2D eigenvalue weighted by atomic mass is 35.5. The molecule has 1 atom stereocenters. The molecule has 2 aromatic rings. The quantitative estimate of drug-likeness (QED) is 0.402. The average Bonchev–Trinajstić information content (AvgIpc) is 2.82. The molecule has 2 aromatic carbocycles. The Bertz CT molecular complexity index is 1060. The molecule has 0 bridgehead atoms. The van der Waals surface area contributed by atoms with E-state index >= 15 is 0 Å². The monoisotopic (exact) mass is 521 g/mol. The first-order chi connectivity index (χ1) is 16.7. The highest BCUT2D eigenvalue weighted by Gasteiger charge is 2.28. The van der Waals surface area contributed by atoms with Crippen LogP contribution >= 0.6 is 11.6 Å². The van der Waals surface area contributed by atoms with Crippen LogP contribution in [0.25, 0.3) is 0 Å². The number of anilines is 1. The molecule has 0 aromatic heterocycles. The van der Waals surface area contributed by atoms with Crippen LogP contribution in [0.3, 0.4) is 0 Å². The molecule has 0 aliphatic rings. The fourth-order valence-electron chi connectivity index (χ4n) is 3.90. The molecule has 0 spiro atoms. The van der Waals surface area contributed by atoms with Crippen LogP contribution in [0.2, 0.25) is 5.02 Å². The van der Waals surface area contributed by atoms with Crippen LogP contribution in [0.5, 0.6) is 0 Å². The van der Waals surface area contributed by atoms with E-state index in [9.17, 15) is 18.0 Å². The lowest BCUT2D eigenvalue weighted by Crippen LogP contribution is -2.50. The van der Waals surface area contributed by atoms with E-state index in [4.69, 9.17) is 11.6 Å². The minimum Gasteiger partial charge on any atom is -0.354 e. The van der Waals surface area contributed by atoms with Crippen molar-refractivity contribution in [1.29, 1.82) is 0 Å². The maximum Gasteiger partial charge on any atom is 0.242 e. The van der Waals surface area contributed by atoms with Crippen LogP contribution in [0.15, 0.2) is 54.6 Å². The number of carbonyl (C=O) groups is 2. The number of benzene rings is 2. The molecule has 0 aliphatic heterocycles. The molecule has 9 heteroatoms. The molecular formula is C26H36ClN3O4S. The van der Waals surface area contributed by atoms with Gasteiger partial charge in [-0.3, -0.25) is 13.9 Å². The van der Waals surface area contributed by atoms with Crippen LogP contribution in [-0.2, 0) is 26.0 Å². The third-order valence-electron chi connectivity index (χ3n) is 5.67. The van der Waals surface area contributed by atoms with Crippen LogP contribution in [-0.4, -0.2) is 57.1 Å². The number of nitrogens with one attached hydrogen (secondary N) is 1. The summed E-state index contributed by atoms with van der Waals surface area (Å²) in [6.45, 7) is 4.97. The zero-order chi connectivity index (χ0) is 25.8. The summed E-state index contributed by atoms with van der Waals surface area (Å²) < 4.78 is 26.0. The van der Waals surface area contributed by atoms with Gasteiger partial charge in [-0.15, -0.1) is 0 Å². The Kier molecular flexibility index (Phi) is 11.5. The highest BCUT2D eigenvalue weighted by Crippen LogP contribution is 2.22. The second kappa shape index (κ2) is 14.1. The molecule has 7 nitrogen and oxygen atoms in total. The first-order valence-corrected chi connectivity index (χ1v) is 14.2. The van der Waals surface area contributed by atoms with Gasteiger partial charge in [0, 0.05) is 31.1 Å². The fourth-order valence-corrected chi connectivity index (χ4v) is 5.04. The Morgan fingerprint density at radius 2 is 1.74 bits per heavy atom.